The average molecular weight is 556 g/mol. The zero-order chi connectivity index (χ0) is 28.2. The van der Waals surface area contributed by atoms with Gasteiger partial charge in [0.05, 0.1) is 31.5 Å². The molecule has 3 aromatic rings. The van der Waals surface area contributed by atoms with E-state index in [1.807, 2.05) is 0 Å². The molecule has 1 atom stereocenters. The van der Waals surface area contributed by atoms with Crippen LogP contribution in [0.25, 0.3) is 11.3 Å². The lowest BCUT2D eigenvalue weighted by Crippen LogP contribution is -2.28. The molecule has 1 unspecified atom stereocenters. The van der Waals surface area contributed by atoms with Gasteiger partial charge in [0.1, 0.15) is 11.5 Å². The van der Waals surface area contributed by atoms with E-state index in [4.69, 9.17) is 9.47 Å². The quantitative estimate of drug-likeness (QED) is 0.302. The van der Waals surface area contributed by atoms with E-state index in [-0.39, 0.29) is 29.2 Å². The van der Waals surface area contributed by atoms with Crippen molar-refractivity contribution in [3.05, 3.63) is 71.2 Å². The van der Waals surface area contributed by atoms with Crippen molar-refractivity contribution in [1.82, 2.24) is 10.3 Å². The first kappa shape index (κ1) is 28.7. The third-order valence-electron chi connectivity index (χ3n) is 5.84. The van der Waals surface area contributed by atoms with Crippen molar-refractivity contribution in [2.75, 3.05) is 25.6 Å². The molecule has 8 nitrogen and oxygen atoms in total. The van der Waals surface area contributed by atoms with Crippen LogP contribution in [0.2, 0.25) is 0 Å². The van der Waals surface area contributed by atoms with Crippen LogP contribution < -0.4 is 19.1 Å². The van der Waals surface area contributed by atoms with E-state index in [1.54, 1.807) is 0 Å². The van der Waals surface area contributed by atoms with Crippen molar-refractivity contribution in [2.24, 2.45) is 0 Å². The predicted molar refractivity (Wildman–Crippen MR) is 133 cm³/mol. The molecule has 1 aromatic heterocycles. The van der Waals surface area contributed by atoms with Gasteiger partial charge in [-0.25, -0.2) is 17.8 Å². The zero-order valence-corrected chi connectivity index (χ0v) is 21.7. The molecule has 13 heteroatoms. The van der Waals surface area contributed by atoms with E-state index in [2.05, 4.69) is 10.3 Å². The second kappa shape index (κ2) is 11.7. The number of nitrogens with one attached hydrogen (secondary N) is 1. The molecule has 204 valence electrons. The molecule has 0 aliphatic rings. The minimum atomic E-state index is -4.69. The SMILES string of the molecule is COc1ccc(-c2nc(C(F)(F)F)ccc2CNC(=O)C(C)c2ccc(N(C)[SH](=O)=O)c(F)c2)cc1OC. The minimum Gasteiger partial charge on any atom is -0.493 e. The Morgan fingerprint density at radius 2 is 1.74 bits per heavy atom. The summed E-state index contributed by atoms with van der Waals surface area (Å²) in [6.45, 7) is 1.35. The molecule has 1 N–H and O–H groups in total. The van der Waals surface area contributed by atoms with Crippen molar-refractivity contribution in [3.8, 4) is 22.8 Å². The molecule has 1 heterocycles. The van der Waals surface area contributed by atoms with Crippen LogP contribution >= 0.6 is 0 Å². The van der Waals surface area contributed by atoms with Crippen molar-refractivity contribution in [1.29, 1.82) is 0 Å². The highest BCUT2D eigenvalue weighted by molar-refractivity contribution is 7.74. The first-order chi connectivity index (χ1) is 17.9. The number of carbonyl (C=O) groups excluding carboxylic acids is 1. The number of halogens is 4. The third-order valence-corrected chi connectivity index (χ3v) is 6.54. The number of methoxy groups -OCH3 is 2. The van der Waals surface area contributed by atoms with Gasteiger partial charge in [-0.05, 0) is 54.4 Å². The Morgan fingerprint density at radius 1 is 1.05 bits per heavy atom. The van der Waals surface area contributed by atoms with Gasteiger partial charge in [0.2, 0.25) is 16.8 Å². The highest BCUT2D eigenvalue weighted by atomic mass is 32.2. The summed E-state index contributed by atoms with van der Waals surface area (Å²) in [7, 11) is 0.958. The number of ether oxygens (including phenoxy) is 2. The van der Waals surface area contributed by atoms with Gasteiger partial charge in [-0.15, -0.1) is 0 Å². The summed E-state index contributed by atoms with van der Waals surface area (Å²) in [5.41, 5.74) is -0.403. The minimum absolute atomic E-state index is 0.0149. The summed E-state index contributed by atoms with van der Waals surface area (Å²) in [5.74, 6) is -1.55. The highest BCUT2D eigenvalue weighted by Crippen LogP contribution is 2.35. The van der Waals surface area contributed by atoms with E-state index in [0.717, 1.165) is 16.4 Å². The van der Waals surface area contributed by atoms with Crippen LogP contribution in [0.1, 0.15) is 29.7 Å². The Kier molecular flexibility index (Phi) is 8.82. The van der Waals surface area contributed by atoms with Crippen LogP contribution in [0.15, 0.2) is 48.5 Å². The Balaban J connectivity index is 1.88. The number of hydrogen-bond acceptors (Lipinski definition) is 6. The molecule has 3 rings (SSSR count). The van der Waals surface area contributed by atoms with Crippen LogP contribution in [-0.4, -0.2) is 40.6 Å². The zero-order valence-electron chi connectivity index (χ0n) is 20.8. The smallest absolute Gasteiger partial charge is 0.433 e. The fourth-order valence-corrected chi connectivity index (χ4v) is 3.99. The van der Waals surface area contributed by atoms with Crippen molar-refractivity contribution >= 4 is 22.5 Å². The summed E-state index contributed by atoms with van der Waals surface area (Å²) in [5, 5.41) is 2.65. The van der Waals surface area contributed by atoms with Crippen LogP contribution in [0.4, 0.5) is 23.2 Å². The van der Waals surface area contributed by atoms with Crippen LogP contribution in [0, 0.1) is 5.82 Å². The number of carbonyl (C=O) groups is 1. The van der Waals surface area contributed by atoms with Gasteiger partial charge in [-0.2, -0.15) is 13.2 Å². The van der Waals surface area contributed by atoms with Gasteiger partial charge in [0.25, 0.3) is 0 Å². The molecule has 38 heavy (non-hydrogen) atoms. The average Bonchev–Trinajstić information content (AvgIpc) is 2.89. The van der Waals surface area contributed by atoms with Crippen LogP contribution in [0.5, 0.6) is 11.5 Å². The molecule has 1 amide bonds. The number of benzene rings is 2. The van der Waals surface area contributed by atoms with E-state index < -0.39 is 40.4 Å². The fourth-order valence-electron chi connectivity index (χ4n) is 3.65. The molecule has 0 bridgehead atoms. The van der Waals surface area contributed by atoms with Crippen molar-refractivity contribution < 1.29 is 40.2 Å². The lowest BCUT2D eigenvalue weighted by molar-refractivity contribution is -0.141. The third kappa shape index (κ3) is 6.33. The number of anilines is 1. The van der Waals surface area contributed by atoms with Gasteiger partial charge in [0.15, 0.2) is 11.5 Å². The number of thiol groups is 1. The fraction of sp³-hybridized carbons (Fsp3) is 0.280. The van der Waals surface area contributed by atoms with Gasteiger partial charge in [-0.1, -0.05) is 12.1 Å². The lowest BCUT2D eigenvalue weighted by atomic mass is 9.99. The molecular weight excluding hydrogens is 530 g/mol. The van der Waals surface area contributed by atoms with E-state index >= 15 is 0 Å². The number of alkyl halides is 3. The summed E-state index contributed by atoms with van der Waals surface area (Å²) in [4.78, 5) is 16.6. The molecule has 0 fully saturated rings. The molecule has 0 aliphatic heterocycles. The number of amides is 1. The van der Waals surface area contributed by atoms with Gasteiger partial charge in [0, 0.05) is 19.2 Å². The Hall–Kier alpha value is -3.87. The molecule has 2 aromatic carbocycles. The van der Waals surface area contributed by atoms with Crippen molar-refractivity contribution in [2.45, 2.75) is 25.6 Å². The summed E-state index contributed by atoms with van der Waals surface area (Å²) < 4.78 is 88.1. The Morgan fingerprint density at radius 3 is 2.32 bits per heavy atom. The van der Waals surface area contributed by atoms with Crippen molar-refractivity contribution in [3.63, 3.8) is 0 Å². The number of nitrogens with zero attached hydrogens (tertiary/aromatic N) is 2. The predicted octanol–water partition coefficient (Wildman–Crippen LogP) is 4.31. The number of rotatable bonds is 9. The van der Waals surface area contributed by atoms with Gasteiger partial charge >= 0.3 is 6.18 Å². The maximum Gasteiger partial charge on any atom is 0.433 e. The molecule has 0 radical (unpaired) electrons. The van der Waals surface area contributed by atoms with E-state index in [9.17, 15) is 30.8 Å². The summed E-state index contributed by atoms with van der Waals surface area (Å²) >= 11 is 0. The Bertz CT molecular complexity index is 1400. The van der Waals surface area contributed by atoms with Gasteiger partial charge in [-0.3, -0.25) is 9.10 Å². The molecular formula is C25H25F4N3O5S. The summed E-state index contributed by atoms with van der Waals surface area (Å²) in [6.07, 6.45) is -4.69. The largest absolute Gasteiger partial charge is 0.493 e. The molecule has 0 spiro atoms. The number of aromatic nitrogens is 1. The molecule has 0 saturated carbocycles. The second-order valence-corrected chi connectivity index (χ2v) is 9.26. The topological polar surface area (TPSA) is 97.8 Å². The lowest BCUT2D eigenvalue weighted by Gasteiger charge is -2.18. The standard InChI is InChI=1S/C25H25F4N3O5S/c1-14(15-5-8-19(18(26)11-15)32(2)38(34)35)24(33)30-13-17-7-10-22(25(27,28)29)31-23(17)16-6-9-20(36-3)21(12-16)37-4/h5-12,14,38H,13H2,1-4H3,(H,30,33). The first-order valence-corrected chi connectivity index (χ1v) is 12.2. The Labute approximate surface area is 218 Å². The van der Waals surface area contributed by atoms with Gasteiger partial charge < -0.3 is 14.8 Å². The van der Waals surface area contributed by atoms with E-state index in [0.29, 0.717) is 16.9 Å². The van der Waals surface area contributed by atoms with E-state index in [1.165, 1.54) is 64.6 Å². The van der Waals surface area contributed by atoms with Crippen LogP contribution in [-0.2, 0) is 28.4 Å². The number of hydrogen-bond donors (Lipinski definition) is 2. The maximum atomic E-state index is 14.5. The monoisotopic (exact) mass is 555 g/mol. The normalized spacial score (nSPS) is 12.2. The maximum absolute atomic E-state index is 14.5. The highest BCUT2D eigenvalue weighted by Gasteiger charge is 2.33. The second-order valence-electron chi connectivity index (χ2n) is 8.18. The summed E-state index contributed by atoms with van der Waals surface area (Å²) in [6, 6.07) is 10.3. The molecule has 0 saturated heterocycles. The first-order valence-electron chi connectivity index (χ1n) is 11.1. The number of pyridine rings is 1. The molecule has 0 aliphatic carbocycles. The van der Waals surface area contributed by atoms with Crippen LogP contribution in [0.3, 0.4) is 0 Å².